The number of hydrogen-bond donors (Lipinski definition) is 2. The van der Waals surface area contributed by atoms with E-state index in [9.17, 15) is 4.79 Å². The highest BCUT2D eigenvalue weighted by Gasteiger charge is 2.04. The Balaban J connectivity index is 3.26. The molecule has 2 N–H and O–H groups in total. The first-order chi connectivity index (χ1) is 4.66. The maximum absolute atomic E-state index is 10.5. The topological polar surface area (TPSA) is 59.6 Å². The van der Waals surface area contributed by atoms with E-state index in [1.54, 1.807) is 20.9 Å². The summed E-state index contributed by atoms with van der Waals surface area (Å²) in [5.41, 5.74) is 4.53. The lowest BCUT2D eigenvalue weighted by molar-refractivity contribution is -0.0105. The molecule has 0 radical (unpaired) electrons. The van der Waals surface area contributed by atoms with Crippen LogP contribution in [0.1, 0.15) is 13.8 Å². The van der Waals surface area contributed by atoms with Crippen molar-refractivity contribution in [3.8, 4) is 0 Å². The van der Waals surface area contributed by atoms with Crippen LogP contribution >= 0.6 is 0 Å². The summed E-state index contributed by atoms with van der Waals surface area (Å²) in [6.45, 7) is 3.47. The van der Waals surface area contributed by atoms with Gasteiger partial charge in [0.25, 0.3) is 0 Å². The molecule has 0 aromatic carbocycles. The van der Waals surface area contributed by atoms with Crippen molar-refractivity contribution in [3.05, 3.63) is 0 Å². The quantitative estimate of drug-likeness (QED) is 0.442. The Hall–Kier alpha value is -0.810. The lowest BCUT2D eigenvalue weighted by Crippen LogP contribution is -2.31. The van der Waals surface area contributed by atoms with Gasteiger partial charge in [-0.1, -0.05) is 5.59 Å². The molecule has 0 atom stereocenters. The van der Waals surface area contributed by atoms with E-state index in [-0.39, 0.29) is 6.10 Å². The average Bonchev–Trinajstić information content (AvgIpc) is 1.82. The fraction of sp³-hybridized carbons (Fsp3) is 0.800. The number of carbonyl (C=O) groups excluding carboxylic acids is 1. The summed E-state index contributed by atoms with van der Waals surface area (Å²) in [7, 11) is 1.57. The third-order valence-electron chi connectivity index (χ3n) is 0.568. The van der Waals surface area contributed by atoms with Crippen molar-refractivity contribution in [1.29, 1.82) is 0 Å². The molecule has 5 nitrogen and oxygen atoms in total. The van der Waals surface area contributed by atoms with Crippen LogP contribution in [0, 0.1) is 0 Å². The van der Waals surface area contributed by atoms with E-state index in [1.165, 1.54) is 0 Å². The predicted molar refractivity (Wildman–Crippen MR) is 34.9 cm³/mol. The first kappa shape index (κ1) is 9.19. The van der Waals surface area contributed by atoms with Crippen molar-refractivity contribution >= 4 is 6.16 Å². The molecule has 0 rings (SSSR count). The lowest BCUT2D eigenvalue weighted by Gasteiger charge is -2.06. The molecule has 0 aromatic rings. The van der Waals surface area contributed by atoms with Crippen molar-refractivity contribution in [3.63, 3.8) is 0 Å². The van der Waals surface area contributed by atoms with Gasteiger partial charge in [0.05, 0.1) is 6.10 Å². The summed E-state index contributed by atoms with van der Waals surface area (Å²) < 4.78 is 4.59. The number of ether oxygens (including phenoxy) is 1. The standard InChI is InChI=1S/C5H12N2O3/c1-4(2)9-5(8)10-7-6-3/h4,6-7H,1-3H3. The van der Waals surface area contributed by atoms with Crippen LogP contribution < -0.4 is 11.0 Å². The van der Waals surface area contributed by atoms with Crippen LogP contribution in [0.3, 0.4) is 0 Å². The molecule has 5 heteroatoms. The highest BCUT2D eigenvalue weighted by atomic mass is 16.8. The molecule has 0 saturated carbocycles. The second kappa shape index (κ2) is 5.01. The summed E-state index contributed by atoms with van der Waals surface area (Å²) in [6.07, 6.45) is -0.907. The van der Waals surface area contributed by atoms with E-state index in [0.29, 0.717) is 0 Å². The molecule has 0 aliphatic heterocycles. The van der Waals surface area contributed by atoms with Gasteiger partial charge in [0.2, 0.25) is 0 Å². The van der Waals surface area contributed by atoms with Crippen LogP contribution in [0.4, 0.5) is 4.79 Å². The third-order valence-corrected chi connectivity index (χ3v) is 0.568. The van der Waals surface area contributed by atoms with E-state index < -0.39 is 6.16 Å². The van der Waals surface area contributed by atoms with E-state index >= 15 is 0 Å². The van der Waals surface area contributed by atoms with E-state index in [0.717, 1.165) is 0 Å². The molecular weight excluding hydrogens is 136 g/mol. The fourth-order valence-electron chi connectivity index (χ4n) is 0.309. The highest BCUT2D eigenvalue weighted by molar-refractivity contribution is 5.59. The molecule has 0 amide bonds. The van der Waals surface area contributed by atoms with Crippen LogP contribution in [0.2, 0.25) is 0 Å². The lowest BCUT2D eigenvalue weighted by atomic mass is 10.5. The smallest absolute Gasteiger partial charge is 0.430 e. The Morgan fingerprint density at radius 1 is 1.50 bits per heavy atom. The van der Waals surface area contributed by atoms with Gasteiger partial charge in [-0.2, -0.15) is 0 Å². The van der Waals surface area contributed by atoms with E-state index in [1.807, 2.05) is 0 Å². The molecule has 0 spiro atoms. The van der Waals surface area contributed by atoms with Gasteiger partial charge in [0, 0.05) is 7.05 Å². The van der Waals surface area contributed by atoms with E-state index in [2.05, 4.69) is 20.6 Å². The van der Waals surface area contributed by atoms with Crippen molar-refractivity contribution < 1.29 is 14.4 Å². The second-order valence-electron chi connectivity index (χ2n) is 1.87. The van der Waals surface area contributed by atoms with Crippen molar-refractivity contribution in [2.45, 2.75) is 20.0 Å². The van der Waals surface area contributed by atoms with Crippen molar-refractivity contribution in [2.24, 2.45) is 0 Å². The number of rotatable bonds is 3. The van der Waals surface area contributed by atoms with Crippen LogP contribution in [0.5, 0.6) is 0 Å². The highest BCUT2D eigenvalue weighted by Crippen LogP contribution is 1.89. The summed E-state index contributed by atoms with van der Waals surface area (Å²) in [4.78, 5) is 14.7. The molecular formula is C5H12N2O3. The normalized spacial score (nSPS) is 9.60. The van der Waals surface area contributed by atoms with Crippen LogP contribution in [-0.2, 0) is 9.57 Å². The minimum absolute atomic E-state index is 0.161. The zero-order valence-corrected chi connectivity index (χ0v) is 6.30. The van der Waals surface area contributed by atoms with Crippen LogP contribution in [-0.4, -0.2) is 19.3 Å². The molecule has 0 unspecified atom stereocenters. The molecule has 0 fully saturated rings. The van der Waals surface area contributed by atoms with Gasteiger partial charge >= 0.3 is 6.16 Å². The monoisotopic (exact) mass is 148 g/mol. The molecule has 0 bridgehead atoms. The minimum atomic E-state index is -0.746. The maximum atomic E-state index is 10.5. The minimum Gasteiger partial charge on any atom is -0.430 e. The summed E-state index contributed by atoms with van der Waals surface area (Å²) >= 11 is 0. The Kier molecular flexibility index (Phi) is 4.61. The predicted octanol–water partition coefficient (Wildman–Crippen LogP) is 0.187. The second-order valence-corrected chi connectivity index (χ2v) is 1.87. The van der Waals surface area contributed by atoms with Crippen LogP contribution in [0.25, 0.3) is 0 Å². The number of hydrazine groups is 1. The summed E-state index contributed by atoms with van der Waals surface area (Å²) in [5.74, 6) is 0. The van der Waals surface area contributed by atoms with Crippen LogP contribution in [0.15, 0.2) is 0 Å². The first-order valence-corrected chi connectivity index (χ1v) is 2.96. The molecule has 0 heterocycles. The summed E-state index contributed by atoms with van der Waals surface area (Å²) in [6, 6.07) is 0. The largest absolute Gasteiger partial charge is 0.529 e. The fourth-order valence-corrected chi connectivity index (χ4v) is 0.309. The van der Waals surface area contributed by atoms with Gasteiger partial charge in [-0.25, -0.2) is 10.2 Å². The Morgan fingerprint density at radius 2 is 2.10 bits per heavy atom. The Bertz CT molecular complexity index is 105. The molecule has 0 aliphatic rings. The first-order valence-electron chi connectivity index (χ1n) is 2.96. The summed E-state index contributed by atoms with van der Waals surface area (Å²) in [5, 5.41) is 0. The zero-order valence-electron chi connectivity index (χ0n) is 6.30. The Labute approximate surface area is 59.6 Å². The van der Waals surface area contributed by atoms with Crippen molar-refractivity contribution in [2.75, 3.05) is 7.05 Å². The molecule has 0 aromatic heterocycles. The molecule has 10 heavy (non-hydrogen) atoms. The molecule has 0 saturated heterocycles. The third kappa shape index (κ3) is 5.33. The van der Waals surface area contributed by atoms with Gasteiger partial charge in [-0.05, 0) is 13.8 Å². The van der Waals surface area contributed by atoms with E-state index in [4.69, 9.17) is 0 Å². The van der Waals surface area contributed by atoms with Gasteiger partial charge < -0.3 is 9.57 Å². The van der Waals surface area contributed by atoms with Gasteiger partial charge in [0.15, 0.2) is 0 Å². The average molecular weight is 148 g/mol. The number of hydrogen-bond acceptors (Lipinski definition) is 5. The maximum Gasteiger partial charge on any atom is 0.529 e. The molecule has 60 valence electrons. The molecule has 0 aliphatic carbocycles. The van der Waals surface area contributed by atoms with Gasteiger partial charge in [-0.3, -0.25) is 0 Å². The SMILES string of the molecule is CNNOC(=O)OC(C)C. The van der Waals surface area contributed by atoms with Gasteiger partial charge in [-0.15, -0.1) is 0 Å². The van der Waals surface area contributed by atoms with Crippen molar-refractivity contribution in [1.82, 2.24) is 11.0 Å². The zero-order chi connectivity index (χ0) is 7.98. The number of nitrogens with one attached hydrogen (secondary N) is 2. The van der Waals surface area contributed by atoms with Gasteiger partial charge in [0.1, 0.15) is 0 Å². The Morgan fingerprint density at radius 3 is 2.50 bits per heavy atom. The number of carbonyl (C=O) groups is 1.